The van der Waals surface area contributed by atoms with Gasteiger partial charge in [0.1, 0.15) is 0 Å². The number of likely N-dealkylation sites (tertiary alicyclic amines) is 1. The predicted molar refractivity (Wildman–Crippen MR) is 104 cm³/mol. The lowest BCUT2D eigenvalue weighted by Gasteiger charge is -2.33. The summed E-state index contributed by atoms with van der Waals surface area (Å²) in [4.78, 5) is 33.5. The monoisotopic (exact) mass is 362 g/mol. The first-order valence-corrected chi connectivity index (χ1v) is 9.20. The van der Waals surface area contributed by atoms with Gasteiger partial charge in [-0.3, -0.25) is 9.59 Å². The summed E-state index contributed by atoms with van der Waals surface area (Å²) in [6.45, 7) is 2.79. The molecule has 4 rings (SSSR count). The zero-order chi connectivity index (χ0) is 18.8. The number of amides is 2. The van der Waals surface area contributed by atoms with Crippen molar-refractivity contribution in [2.45, 2.75) is 25.8 Å². The number of carbonyl (C=O) groups is 2. The number of H-pyrrole nitrogens is 1. The van der Waals surface area contributed by atoms with Crippen LogP contribution in [0, 0.1) is 0 Å². The minimum absolute atomic E-state index is 0.00882. The van der Waals surface area contributed by atoms with Crippen molar-refractivity contribution in [2.24, 2.45) is 0 Å². The highest BCUT2D eigenvalue weighted by molar-refractivity contribution is 5.96. The van der Waals surface area contributed by atoms with Crippen LogP contribution in [0.15, 0.2) is 48.8 Å². The van der Waals surface area contributed by atoms with Crippen LogP contribution < -0.4 is 5.32 Å². The van der Waals surface area contributed by atoms with Crippen molar-refractivity contribution in [3.8, 4) is 11.1 Å². The van der Waals surface area contributed by atoms with E-state index in [4.69, 9.17) is 0 Å². The highest BCUT2D eigenvalue weighted by Crippen LogP contribution is 2.24. The van der Waals surface area contributed by atoms with Crippen LogP contribution in [0.3, 0.4) is 0 Å². The van der Waals surface area contributed by atoms with Crippen molar-refractivity contribution in [3.05, 3.63) is 54.4 Å². The Morgan fingerprint density at radius 3 is 2.89 bits per heavy atom. The number of hydrogen-bond acceptors (Lipinski definition) is 3. The van der Waals surface area contributed by atoms with Crippen LogP contribution in [-0.4, -0.2) is 45.8 Å². The van der Waals surface area contributed by atoms with E-state index in [9.17, 15) is 9.59 Å². The molecular weight excluding hydrogens is 340 g/mol. The van der Waals surface area contributed by atoms with Crippen molar-refractivity contribution in [3.63, 3.8) is 0 Å². The SMILES string of the molecule is CC(=O)N[C@@H]1CCCN(C(=O)c2cccc(-c3ccc4nc[nH]c4c3)c2)C1. The van der Waals surface area contributed by atoms with Gasteiger partial charge in [0.15, 0.2) is 0 Å². The zero-order valence-corrected chi connectivity index (χ0v) is 15.2. The molecule has 2 aromatic carbocycles. The normalized spacial score (nSPS) is 17.1. The van der Waals surface area contributed by atoms with E-state index in [0.29, 0.717) is 12.1 Å². The summed E-state index contributed by atoms with van der Waals surface area (Å²) in [5.74, 6) is -0.0417. The number of fused-ring (bicyclic) bond motifs is 1. The van der Waals surface area contributed by atoms with Gasteiger partial charge < -0.3 is 15.2 Å². The van der Waals surface area contributed by atoms with E-state index in [2.05, 4.69) is 15.3 Å². The molecule has 0 aliphatic carbocycles. The largest absolute Gasteiger partial charge is 0.352 e. The molecular formula is C21H22N4O2. The molecule has 27 heavy (non-hydrogen) atoms. The average Bonchev–Trinajstić information content (AvgIpc) is 3.15. The van der Waals surface area contributed by atoms with Gasteiger partial charge in [0.2, 0.25) is 5.91 Å². The molecule has 1 fully saturated rings. The molecule has 1 aliphatic rings. The molecule has 0 saturated carbocycles. The fraction of sp³-hybridized carbons (Fsp3) is 0.286. The van der Waals surface area contributed by atoms with Crippen LogP contribution in [0.2, 0.25) is 0 Å². The van der Waals surface area contributed by atoms with E-state index in [1.54, 1.807) is 6.33 Å². The maximum Gasteiger partial charge on any atom is 0.253 e. The summed E-state index contributed by atoms with van der Waals surface area (Å²) < 4.78 is 0. The number of aromatic nitrogens is 2. The Hall–Kier alpha value is -3.15. The van der Waals surface area contributed by atoms with E-state index in [1.807, 2.05) is 47.4 Å². The number of rotatable bonds is 3. The Kier molecular flexibility index (Phi) is 4.62. The molecule has 1 atom stereocenters. The third-order valence-corrected chi connectivity index (χ3v) is 4.98. The zero-order valence-electron chi connectivity index (χ0n) is 15.2. The maximum absolute atomic E-state index is 13.0. The van der Waals surface area contributed by atoms with E-state index in [0.717, 1.165) is 41.5 Å². The minimum atomic E-state index is -0.0505. The molecule has 0 unspecified atom stereocenters. The molecule has 1 aliphatic heterocycles. The van der Waals surface area contributed by atoms with Crippen LogP contribution in [0.5, 0.6) is 0 Å². The Bertz CT molecular complexity index is 995. The Balaban J connectivity index is 1.56. The number of nitrogens with zero attached hydrogens (tertiary/aromatic N) is 2. The van der Waals surface area contributed by atoms with Crippen molar-refractivity contribution >= 4 is 22.8 Å². The van der Waals surface area contributed by atoms with E-state index in [1.165, 1.54) is 6.92 Å². The van der Waals surface area contributed by atoms with Gasteiger partial charge in [0.25, 0.3) is 5.91 Å². The third-order valence-electron chi connectivity index (χ3n) is 4.98. The number of carbonyl (C=O) groups excluding carboxylic acids is 2. The van der Waals surface area contributed by atoms with Crippen LogP contribution in [-0.2, 0) is 4.79 Å². The standard InChI is InChI=1S/C21H22N4O2/c1-14(26)24-18-6-3-9-25(12-18)21(27)17-5-2-4-15(10-17)16-7-8-19-20(11-16)23-13-22-19/h2,4-5,7-8,10-11,13,18H,3,6,9,12H2,1H3,(H,22,23)(H,24,26)/t18-/m1/s1. The lowest BCUT2D eigenvalue weighted by Crippen LogP contribution is -2.49. The summed E-state index contributed by atoms with van der Waals surface area (Å²) in [6.07, 6.45) is 3.48. The second kappa shape index (κ2) is 7.23. The van der Waals surface area contributed by atoms with Gasteiger partial charge in [-0.25, -0.2) is 4.98 Å². The van der Waals surface area contributed by atoms with Gasteiger partial charge in [-0.05, 0) is 48.2 Å². The number of benzene rings is 2. The van der Waals surface area contributed by atoms with Gasteiger partial charge in [0.05, 0.1) is 17.4 Å². The lowest BCUT2D eigenvalue weighted by molar-refractivity contribution is -0.120. The van der Waals surface area contributed by atoms with E-state index >= 15 is 0 Å². The van der Waals surface area contributed by atoms with Crippen LogP contribution in [0.25, 0.3) is 22.2 Å². The van der Waals surface area contributed by atoms with Gasteiger partial charge in [-0.2, -0.15) is 0 Å². The smallest absolute Gasteiger partial charge is 0.253 e. The first-order chi connectivity index (χ1) is 13.1. The summed E-state index contributed by atoms with van der Waals surface area (Å²) in [5, 5.41) is 2.93. The Morgan fingerprint density at radius 1 is 1.19 bits per heavy atom. The minimum Gasteiger partial charge on any atom is -0.352 e. The second-order valence-corrected chi connectivity index (χ2v) is 7.01. The summed E-state index contributed by atoms with van der Waals surface area (Å²) in [6, 6.07) is 13.8. The number of aromatic amines is 1. The topological polar surface area (TPSA) is 78.1 Å². The molecule has 6 nitrogen and oxygen atoms in total. The first-order valence-electron chi connectivity index (χ1n) is 9.20. The highest BCUT2D eigenvalue weighted by atomic mass is 16.2. The number of imidazole rings is 1. The molecule has 0 bridgehead atoms. The summed E-state index contributed by atoms with van der Waals surface area (Å²) in [7, 11) is 0. The van der Waals surface area contributed by atoms with Gasteiger partial charge in [-0.1, -0.05) is 18.2 Å². The quantitative estimate of drug-likeness (QED) is 0.752. The number of hydrogen-bond donors (Lipinski definition) is 2. The molecule has 3 aromatic rings. The second-order valence-electron chi connectivity index (χ2n) is 7.01. The Labute approximate surface area is 157 Å². The van der Waals surface area contributed by atoms with Gasteiger partial charge in [0, 0.05) is 31.6 Å². The Morgan fingerprint density at radius 2 is 2.04 bits per heavy atom. The van der Waals surface area contributed by atoms with Crippen LogP contribution in [0.4, 0.5) is 0 Å². The molecule has 2 heterocycles. The molecule has 2 N–H and O–H groups in total. The van der Waals surface area contributed by atoms with Gasteiger partial charge in [-0.15, -0.1) is 0 Å². The fourth-order valence-corrected chi connectivity index (χ4v) is 3.70. The van der Waals surface area contributed by atoms with E-state index in [-0.39, 0.29) is 17.9 Å². The predicted octanol–water partition coefficient (Wildman–Crippen LogP) is 2.97. The van der Waals surface area contributed by atoms with Crippen LogP contribution in [0.1, 0.15) is 30.1 Å². The molecule has 6 heteroatoms. The van der Waals surface area contributed by atoms with Crippen molar-refractivity contribution < 1.29 is 9.59 Å². The molecule has 1 saturated heterocycles. The molecule has 0 spiro atoms. The summed E-state index contributed by atoms with van der Waals surface area (Å²) in [5.41, 5.74) is 4.59. The lowest BCUT2D eigenvalue weighted by atomic mass is 10.0. The number of piperidine rings is 1. The molecule has 0 radical (unpaired) electrons. The number of nitrogens with one attached hydrogen (secondary N) is 2. The van der Waals surface area contributed by atoms with Gasteiger partial charge >= 0.3 is 0 Å². The summed E-state index contributed by atoms with van der Waals surface area (Å²) >= 11 is 0. The molecule has 138 valence electrons. The van der Waals surface area contributed by atoms with Crippen LogP contribution >= 0.6 is 0 Å². The van der Waals surface area contributed by atoms with Crippen molar-refractivity contribution in [1.82, 2.24) is 20.2 Å². The molecule has 1 aromatic heterocycles. The maximum atomic E-state index is 13.0. The average molecular weight is 362 g/mol. The van der Waals surface area contributed by atoms with Crippen molar-refractivity contribution in [2.75, 3.05) is 13.1 Å². The third kappa shape index (κ3) is 3.69. The highest BCUT2D eigenvalue weighted by Gasteiger charge is 2.25. The van der Waals surface area contributed by atoms with Crippen molar-refractivity contribution in [1.29, 1.82) is 0 Å². The molecule has 2 amide bonds. The van der Waals surface area contributed by atoms with E-state index < -0.39 is 0 Å². The first kappa shape index (κ1) is 17.3. The fourth-order valence-electron chi connectivity index (χ4n) is 3.70.